The van der Waals surface area contributed by atoms with Gasteiger partial charge in [0.1, 0.15) is 0 Å². The van der Waals surface area contributed by atoms with Crippen LogP contribution in [0.15, 0.2) is 12.4 Å². The highest BCUT2D eigenvalue weighted by molar-refractivity contribution is 5.16. The minimum Gasteiger partial charge on any atom is -0.394 e. The summed E-state index contributed by atoms with van der Waals surface area (Å²) in [5.74, 6) is 0. The molecule has 0 radical (unpaired) electrons. The molecule has 0 aromatic carbocycles. The third-order valence-corrected chi connectivity index (χ3v) is 2.26. The summed E-state index contributed by atoms with van der Waals surface area (Å²) in [6.07, 6.45) is 3.59. The molecule has 1 rings (SSSR count). The molecule has 0 saturated carbocycles. The molecule has 3 N–H and O–H groups in total. The Hall–Kier alpha value is -0.870. The first-order valence-electron chi connectivity index (χ1n) is 4.73. The highest BCUT2D eigenvalue weighted by Gasteiger charge is 2.24. The number of aromatic nitrogens is 2. The number of hydrogen-bond acceptors (Lipinski definition) is 3. The van der Waals surface area contributed by atoms with Crippen LogP contribution < -0.4 is 5.73 Å². The van der Waals surface area contributed by atoms with Crippen molar-refractivity contribution >= 4 is 0 Å². The zero-order valence-corrected chi connectivity index (χ0v) is 9.28. The van der Waals surface area contributed by atoms with E-state index < -0.39 is 5.54 Å². The predicted molar refractivity (Wildman–Crippen MR) is 55.8 cm³/mol. The number of aliphatic hydroxyl groups excluding tert-OH is 1. The van der Waals surface area contributed by atoms with Gasteiger partial charge in [-0.3, -0.25) is 4.68 Å². The lowest BCUT2D eigenvalue weighted by Gasteiger charge is -2.21. The largest absolute Gasteiger partial charge is 0.394 e. The lowest BCUT2D eigenvalue weighted by Crippen LogP contribution is -2.36. The first-order valence-corrected chi connectivity index (χ1v) is 4.73. The van der Waals surface area contributed by atoms with Gasteiger partial charge >= 0.3 is 0 Å². The Morgan fingerprint density at radius 3 is 2.36 bits per heavy atom. The molecular formula is C10H19N3O. The summed E-state index contributed by atoms with van der Waals surface area (Å²) in [5, 5.41) is 13.3. The summed E-state index contributed by atoms with van der Waals surface area (Å²) in [7, 11) is 0. The van der Waals surface area contributed by atoms with Crippen molar-refractivity contribution < 1.29 is 5.11 Å². The average molecular weight is 197 g/mol. The smallest absolute Gasteiger partial charge is 0.0651 e. The lowest BCUT2D eigenvalue weighted by atomic mass is 9.98. The second kappa shape index (κ2) is 3.37. The van der Waals surface area contributed by atoms with Crippen LogP contribution in [0.5, 0.6) is 0 Å². The van der Waals surface area contributed by atoms with Gasteiger partial charge in [-0.05, 0) is 27.7 Å². The minimum atomic E-state index is -0.705. The molecule has 1 heterocycles. The van der Waals surface area contributed by atoms with Crippen LogP contribution in [0.2, 0.25) is 0 Å². The number of hydrogen-bond donors (Lipinski definition) is 2. The summed E-state index contributed by atoms with van der Waals surface area (Å²) in [6, 6.07) is 0. The number of nitrogens with two attached hydrogens (primary N) is 1. The molecule has 0 bridgehead atoms. The molecule has 0 fully saturated rings. The number of aliphatic hydroxyl groups is 1. The maximum absolute atomic E-state index is 9.10. The van der Waals surface area contributed by atoms with Gasteiger partial charge in [0.2, 0.25) is 0 Å². The van der Waals surface area contributed by atoms with E-state index in [2.05, 4.69) is 25.9 Å². The second-order valence-electron chi connectivity index (χ2n) is 4.92. The van der Waals surface area contributed by atoms with Crippen molar-refractivity contribution in [3.8, 4) is 0 Å². The van der Waals surface area contributed by atoms with Gasteiger partial charge in [0, 0.05) is 11.8 Å². The van der Waals surface area contributed by atoms with Gasteiger partial charge in [0.15, 0.2) is 0 Å². The normalized spacial score (nSPS) is 16.7. The molecule has 1 aromatic rings. The zero-order valence-electron chi connectivity index (χ0n) is 9.28. The van der Waals surface area contributed by atoms with E-state index in [0.717, 1.165) is 5.56 Å². The molecule has 80 valence electrons. The van der Waals surface area contributed by atoms with Crippen molar-refractivity contribution in [1.29, 1.82) is 0 Å². The summed E-state index contributed by atoms with van der Waals surface area (Å²) in [6.45, 7) is 7.91. The second-order valence-corrected chi connectivity index (χ2v) is 4.92. The van der Waals surface area contributed by atoms with E-state index >= 15 is 0 Å². The van der Waals surface area contributed by atoms with Crippen LogP contribution in [0, 0.1) is 0 Å². The van der Waals surface area contributed by atoms with Crippen molar-refractivity contribution in [1.82, 2.24) is 9.78 Å². The molecule has 0 aliphatic rings. The van der Waals surface area contributed by atoms with Gasteiger partial charge in [-0.2, -0.15) is 5.10 Å². The molecule has 0 amide bonds. The molecule has 0 saturated heterocycles. The standard InChI is InChI=1S/C10H19N3O/c1-9(2,3)13-6-8(5-12-13)10(4,11)7-14/h5-6,14H,7,11H2,1-4H3. The van der Waals surface area contributed by atoms with Crippen LogP contribution >= 0.6 is 0 Å². The van der Waals surface area contributed by atoms with Gasteiger partial charge < -0.3 is 10.8 Å². The van der Waals surface area contributed by atoms with Crippen molar-refractivity contribution in [3.63, 3.8) is 0 Å². The first-order chi connectivity index (χ1) is 6.27. The molecule has 1 unspecified atom stereocenters. The van der Waals surface area contributed by atoms with E-state index in [0.29, 0.717) is 0 Å². The van der Waals surface area contributed by atoms with E-state index in [1.165, 1.54) is 0 Å². The van der Waals surface area contributed by atoms with Crippen LogP contribution in [0.1, 0.15) is 33.3 Å². The fourth-order valence-corrected chi connectivity index (χ4v) is 1.08. The van der Waals surface area contributed by atoms with Crippen molar-refractivity contribution in [3.05, 3.63) is 18.0 Å². The van der Waals surface area contributed by atoms with Crippen molar-refractivity contribution in [2.24, 2.45) is 5.73 Å². The molecule has 1 aromatic heterocycles. The topological polar surface area (TPSA) is 64.1 Å². The van der Waals surface area contributed by atoms with E-state index in [-0.39, 0.29) is 12.1 Å². The number of nitrogens with zero attached hydrogens (tertiary/aromatic N) is 2. The van der Waals surface area contributed by atoms with Crippen LogP contribution in [0.3, 0.4) is 0 Å². The third-order valence-electron chi connectivity index (χ3n) is 2.26. The summed E-state index contributed by atoms with van der Waals surface area (Å²) >= 11 is 0. The lowest BCUT2D eigenvalue weighted by molar-refractivity contribution is 0.209. The molecule has 0 aliphatic carbocycles. The van der Waals surface area contributed by atoms with Crippen LogP contribution in [-0.2, 0) is 11.1 Å². The summed E-state index contributed by atoms with van der Waals surface area (Å²) in [5.41, 5.74) is 5.99. The Morgan fingerprint density at radius 2 is 2.00 bits per heavy atom. The van der Waals surface area contributed by atoms with Crippen molar-refractivity contribution in [2.45, 2.75) is 38.8 Å². The molecule has 14 heavy (non-hydrogen) atoms. The highest BCUT2D eigenvalue weighted by atomic mass is 16.3. The van der Waals surface area contributed by atoms with Gasteiger partial charge in [0.25, 0.3) is 0 Å². The SMILES string of the molecule is CC(N)(CO)c1cnn(C(C)(C)C)c1. The van der Waals surface area contributed by atoms with Crippen LogP contribution in [-0.4, -0.2) is 21.5 Å². The average Bonchev–Trinajstić information content (AvgIpc) is 2.51. The maximum atomic E-state index is 9.10. The van der Waals surface area contributed by atoms with Gasteiger partial charge in [0.05, 0.1) is 23.9 Å². The Balaban J connectivity index is 3.00. The Bertz CT molecular complexity index is 309. The van der Waals surface area contributed by atoms with E-state index in [9.17, 15) is 0 Å². The Morgan fingerprint density at radius 1 is 1.43 bits per heavy atom. The molecule has 0 aliphatic heterocycles. The van der Waals surface area contributed by atoms with Gasteiger partial charge in [-0.15, -0.1) is 0 Å². The maximum Gasteiger partial charge on any atom is 0.0651 e. The van der Waals surface area contributed by atoms with Crippen LogP contribution in [0.25, 0.3) is 0 Å². The fraction of sp³-hybridized carbons (Fsp3) is 0.700. The molecule has 0 spiro atoms. The Kier molecular flexibility index (Phi) is 2.69. The highest BCUT2D eigenvalue weighted by Crippen LogP contribution is 2.19. The quantitative estimate of drug-likeness (QED) is 0.737. The molecule has 4 heteroatoms. The Labute approximate surface area is 84.7 Å². The fourth-order valence-electron chi connectivity index (χ4n) is 1.08. The monoisotopic (exact) mass is 197 g/mol. The molecule has 4 nitrogen and oxygen atoms in total. The summed E-state index contributed by atoms with van der Waals surface area (Å²) in [4.78, 5) is 0. The minimum absolute atomic E-state index is 0.0518. The van der Waals surface area contributed by atoms with Crippen LogP contribution in [0.4, 0.5) is 0 Å². The summed E-state index contributed by atoms with van der Waals surface area (Å²) < 4.78 is 1.85. The zero-order chi connectivity index (χ0) is 11.0. The van der Waals surface area contributed by atoms with Crippen molar-refractivity contribution in [2.75, 3.05) is 6.61 Å². The molecule has 1 atom stereocenters. The van der Waals surface area contributed by atoms with Gasteiger partial charge in [-0.25, -0.2) is 0 Å². The first kappa shape index (κ1) is 11.2. The van der Waals surface area contributed by atoms with Gasteiger partial charge in [-0.1, -0.05) is 0 Å². The predicted octanol–water partition coefficient (Wildman–Crippen LogP) is 0.804. The van der Waals surface area contributed by atoms with E-state index in [1.807, 2.05) is 10.9 Å². The molecular weight excluding hydrogens is 178 g/mol. The third kappa shape index (κ3) is 2.13. The van der Waals surface area contributed by atoms with E-state index in [1.54, 1.807) is 13.1 Å². The van der Waals surface area contributed by atoms with E-state index in [4.69, 9.17) is 10.8 Å². The number of rotatable bonds is 2.